The number of amides is 1. The standard InChI is InChI=1S/C9H15NO4S/c11-8-5-15(13,14)4-7(8)10-9(12)6-2-1-3-6/h6-8,11H,1-5H2,(H,10,12)/t7-,8-/m0/s1. The average molecular weight is 233 g/mol. The first-order valence-corrected chi connectivity index (χ1v) is 6.99. The molecule has 1 aliphatic carbocycles. The molecule has 6 heteroatoms. The smallest absolute Gasteiger partial charge is 0.223 e. The molecule has 0 aromatic rings. The van der Waals surface area contributed by atoms with Crippen LogP contribution in [0.5, 0.6) is 0 Å². The Morgan fingerprint density at radius 3 is 2.33 bits per heavy atom. The van der Waals surface area contributed by atoms with Crippen LogP contribution in [0.15, 0.2) is 0 Å². The molecule has 1 amide bonds. The van der Waals surface area contributed by atoms with Gasteiger partial charge in [0.15, 0.2) is 9.84 Å². The summed E-state index contributed by atoms with van der Waals surface area (Å²) >= 11 is 0. The van der Waals surface area contributed by atoms with Gasteiger partial charge in [0.25, 0.3) is 0 Å². The summed E-state index contributed by atoms with van der Waals surface area (Å²) in [5.74, 6) is -0.446. The van der Waals surface area contributed by atoms with Crippen molar-refractivity contribution in [2.45, 2.75) is 31.4 Å². The van der Waals surface area contributed by atoms with E-state index < -0.39 is 22.0 Å². The minimum Gasteiger partial charge on any atom is -0.390 e. The summed E-state index contributed by atoms with van der Waals surface area (Å²) < 4.78 is 22.3. The monoisotopic (exact) mass is 233 g/mol. The first-order valence-electron chi connectivity index (χ1n) is 5.17. The quantitative estimate of drug-likeness (QED) is 0.645. The highest BCUT2D eigenvalue weighted by Gasteiger charge is 2.38. The molecule has 2 atom stereocenters. The number of carbonyl (C=O) groups excluding carboxylic acids is 1. The molecule has 0 spiro atoms. The van der Waals surface area contributed by atoms with Gasteiger partial charge in [-0.2, -0.15) is 0 Å². The maximum atomic E-state index is 11.5. The molecule has 2 N–H and O–H groups in total. The summed E-state index contributed by atoms with van der Waals surface area (Å²) in [5, 5.41) is 12.1. The first kappa shape index (κ1) is 10.9. The van der Waals surface area contributed by atoms with Crippen molar-refractivity contribution in [3.05, 3.63) is 0 Å². The van der Waals surface area contributed by atoms with Crippen molar-refractivity contribution < 1.29 is 18.3 Å². The molecule has 15 heavy (non-hydrogen) atoms. The molecule has 0 unspecified atom stereocenters. The number of hydrogen-bond donors (Lipinski definition) is 2. The molecule has 0 aromatic heterocycles. The Morgan fingerprint density at radius 1 is 1.27 bits per heavy atom. The van der Waals surface area contributed by atoms with Crippen LogP contribution in [-0.4, -0.2) is 43.1 Å². The molecule has 1 aliphatic heterocycles. The van der Waals surface area contributed by atoms with E-state index in [9.17, 15) is 18.3 Å². The molecular weight excluding hydrogens is 218 g/mol. The minimum absolute atomic E-state index is 0.0282. The molecule has 5 nitrogen and oxygen atoms in total. The van der Waals surface area contributed by atoms with Crippen LogP contribution in [0, 0.1) is 5.92 Å². The second-order valence-corrected chi connectivity index (χ2v) is 6.54. The summed E-state index contributed by atoms with van der Waals surface area (Å²) in [4.78, 5) is 11.5. The van der Waals surface area contributed by atoms with Crippen LogP contribution in [0.2, 0.25) is 0 Å². The van der Waals surface area contributed by atoms with Crippen molar-refractivity contribution in [2.75, 3.05) is 11.5 Å². The van der Waals surface area contributed by atoms with E-state index in [0.29, 0.717) is 0 Å². The Labute approximate surface area is 88.8 Å². The molecule has 86 valence electrons. The van der Waals surface area contributed by atoms with Crippen LogP contribution < -0.4 is 5.32 Å². The van der Waals surface area contributed by atoms with Gasteiger partial charge < -0.3 is 10.4 Å². The van der Waals surface area contributed by atoms with Gasteiger partial charge >= 0.3 is 0 Å². The summed E-state index contributed by atoms with van der Waals surface area (Å²) in [5.41, 5.74) is 0. The fourth-order valence-electron chi connectivity index (χ4n) is 1.94. The van der Waals surface area contributed by atoms with Crippen LogP contribution in [0.4, 0.5) is 0 Å². The van der Waals surface area contributed by atoms with E-state index in [0.717, 1.165) is 19.3 Å². The summed E-state index contributed by atoms with van der Waals surface area (Å²) in [6.07, 6.45) is 1.87. The van der Waals surface area contributed by atoms with E-state index in [4.69, 9.17) is 0 Å². The Bertz CT molecular complexity index is 360. The number of sulfone groups is 1. The van der Waals surface area contributed by atoms with E-state index in [-0.39, 0.29) is 23.3 Å². The van der Waals surface area contributed by atoms with Gasteiger partial charge in [-0.15, -0.1) is 0 Å². The van der Waals surface area contributed by atoms with Crippen LogP contribution in [0.1, 0.15) is 19.3 Å². The fraction of sp³-hybridized carbons (Fsp3) is 0.889. The van der Waals surface area contributed by atoms with Gasteiger partial charge in [0.05, 0.1) is 23.7 Å². The molecule has 2 fully saturated rings. The van der Waals surface area contributed by atoms with E-state index >= 15 is 0 Å². The lowest BCUT2D eigenvalue weighted by molar-refractivity contribution is -0.128. The summed E-state index contributed by atoms with van der Waals surface area (Å²) in [6, 6.07) is -0.608. The van der Waals surface area contributed by atoms with Gasteiger partial charge in [0, 0.05) is 5.92 Å². The van der Waals surface area contributed by atoms with Gasteiger partial charge in [-0.1, -0.05) is 6.42 Å². The van der Waals surface area contributed by atoms with Crippen molar-refractivity contribution >= 4 is 15.7 Å². The number of rotatable bonds is 2. The Hall–Kier alpha value is -0.620. The number of carbonyl (C=O) groups is 1. The lowest BCUT2D eigenvalue weighted by atomic mass is 9.84. The second kappa shape index (κ2) is 3.75. The third kappa shape index (κ3) is 2.31. The lowest BCUT2D eigenvalue weighted by Crippen LogP contribution is -2.46. The van der Waals surface area contributed by atoms with Crippen LogP contribution >= 0.6 is 0 Å². The molecule has 0 radical (unpaired) electrons. The SMILES string of the molecule is O=C(N[C@H]1CS(=O)(=O)C[C@@H]1O)C1CCC1. The maximum absolute atomic E-state index is 11.5. The van der Waals surface area contributed by atoms with Gasteiger partial charge in [0.1, 0.15) is 0 Å². The van der Waals surface area contributed by atoms with Crippen LogP contribution in [0.3, 0.4) is 0 Å². The largest absolute Gasteiger partial charge is 0.390 e. The zero-order chi connectivity index (χ0) is 11.1. The average Bonchev–Trinajstić information content (AvgIpc) is 2.20. The van der Waals surface area contributed by atoms with E-state index in [2.05, 4.69) is 5.32 Å². The number of hydrogen-bond acceptors (Lipinski definition) is 4. The molecule has 1 heterocycles. The van der Waals surface area contributed by atoms with Gasteiger partial charge in [0.2, 0.25) is 5.91 Å². The van der Waals surface area contributed by atoms with Crippen molar-refractivity contribution in [3.8, 4) is 0 Å². The van der Waals surface area contributed by atoms with Crippen molar-refractivity contribution in [3.63, 3.8) is 0 Å². The highest BCUT2D eigenvalue weighted by atomic mass is 32.2. The normalized spacial score (nSPS) is 34.7. The number of aliphatic hydroxyl groups is 1. The van der Waals surface area contributed by atoms with Gasteiger partial charge in [-0.25, -0.2) is 8.42 Å². The first-order chi connectivity index (χ1) is 6.98. The molecule has 2 aliphatic rings. The van der Waals surface area contributed by atoms with Crippen molar-refractivity contribution in [1.82, 2.24) is 5.32 Å². The Kier molecular flexibility index (Phi) is 2.72. The zero-order valence-electron chi connectivity index (χ0n) is 8.35. The van der Waals surface area contributed by atoms with Gasteiger partial charge in [-0.3, -0.25) is 4.79 Å². The summed E-state index contributed by atoms with van der Waals surface area (Å²) in [7, 11) is -3.17. The Morgan fingerprint density at radius 2 is 1.93 bits per heavy atom. The molecule has 1 saturated carbocycles. The molecule has 0 aromatic carbocycles. The molecule has 2 rings (SSSR count). The fourth-order valence-corrected chi connectivity index (χ4v) is 3.68. The van der Waals surface area contributed by atoms with E-state index in [1.807, 2.05) is 0 Å². The third-order valence-corrected chi connectivity index (χ3v) is 4.84. The lowest BCUT2D eigenvalue weighted by Gasteiger charge is -2.26. The van der Waals surface area contributed by atoms with Crippen LogP contribution in [-0.2, 0) is 14.6 Å². The minimum atomic E-state index is -3.17. The number of aliphatic hydroxyl groups excluding tert-OH is 1. The van der Waals surface area contributed by atoms with Crippen molar-refractivity contribution in [1.29, 1.82) is 0 Å². The topological polar surface area (TPSA) is 83.5 Å². The second-order valence-electron chi connectivity index (χ2n) is 4.39. The highest BCUT2D eigenvalue weighted by Crippen LogP contribution is 2.26. The third-order valence-electron chi connectivity index (χ3n) is 3.13. The zero-order valence-corrected chi connectivity index (χ0v) is 9.16. The van der Waals surface area contributed by atoms with E-state index in [1.165, 1.54) is 0 Å². The molecular formula is C9H15NO4S. The predicted octanol–water partition coefficient (Wildman–Crippen LogP) is -0.939. The highest BCUT2D eigenvalue weighted by molar-refractivity contribution is 7.91. The Balaban J connectivity index is 1.92. The molecule has 1 saturated heterocycles. The van der Waals surface area contributed by atoms with Crippen molar-refractivity contribution in [2.24, 2.45) is 5.92 Å². The maximum Gasteiger partial charge on any atom is 0.223 e. The van der Waals surface area contributed by atoms with Gasteiger partial charge in [-0.05, 0) is 12.8 Å². The van der Waals surface area contributed by atoms with E-state index in [1.54, 1.807) is 0 Å². The van der Waals surface area contributed by atoms with Crippen LogP contribution in [0.25, 0.3) is 0 Å². The number of nitrogens with one attached hydrogen (secondary N) is 1. The summed E-state index contributed by atoms with van der Waals surface area (Å²) in [6.45, 7) is 0. The molecule has 0 bridgehead atoms. The predicted molar refractivity (Wildman–Crippen MR) is 53.9 cm³/mol.